The predicted molar refractivity (Wildman–Crippen MR) is 66.9 cm³/mol. The van der Waals surface area contributed by atoms with Crippen LogP contribution in [0.3, 0.4) is 0 Å². The molecule has 0 bridgehead atoms. The molecule has 3 rings (SSSR count). The zero-order chi connectivity index (χ0) is 13.2. The molecular weight excluding hydrogens is 244 g/mol. The van der Waals surface area contributed by atoms with E-state index in [9.17, 15) is 9.59 Å². The van der Waals surface area contributed by atoms with Crippen LogP contribution in [0.25, 0.3) is 0 Å². The fourth-order valence-corrected chi connectivity index (χ4v) is 1.95. The van der Waals surface area contributed by atoms with E-state index < -0.39 is 5.91 Å². The number of pyridine rings is 1. The SMILES string of the molecule is O=C1Cc2ccnc(Oc3ccccc3)c2C(=O)N1. The highest BCUT2D eigenvalue weighted by Crippen LogP contribution is 2.27. The van der Waals surface area contributed by atoms with Crippen molar-refractivity contribution in [1.82, 2.24) is 10.3 Å². The van der Waals surface area contributed by atoms with Crippen LogP contribution in [0, 0.1) is 0 Å². The summed E-state index contributed by atoms with van der Waals surface area (Å²) in [5.74, 6) is 0.0291. The van der Waals surface area contributed by atoms with Crippen molar-refractivity contribution >= 4 is 11.8 Å². The lowest BCUT2D eigenvalue weighted by Gasteiger charge is -2.17. The summed E-state index contributed by atoms with van der Waals surface area (Å²) in [5, 5.41) is 2.26. The first-order valence-electron chi connectivity index (χ1n) is 5.79. The van der Waals surface area contributed by atoms with Gasteiger partial charge in [0, 0.05) is 6.20 Å². The summed E-state index contributed by atoms with van der Waals surface area (Å²) in [6, 6.07) is 10.7. The Balaban J connectivity index is 2.02. The molecule has 1 aliphatic heterocycles. The smallest absolute Gasteiger partial charge is 0.263 e. The standard InChI is InChI=1S/C14H10N2O3/c17-11-8-9-6-7-15-14(12(9)13(18)16-11)19-10-4-2-1-3-5-10/h1-7H,8H2,(H,16,17,18). The van der Waals surface area contributed by atoms with Gasteiger partial charge in [-0.1, -0.05) is 18.2 Å². The average Bonchev–Trinajstić information content (AvgIpc) is 2.39. The second kappa shape index (κ2) is 4.53. The Bertz CT molecular complexity index is 653. The van der Waals surface area contributed by atoms with E-state index in [2.05, 4.69) is 10.3 Å². The Morgan fingerprint density at radius 2 is 1.89 bits per heavy atom. The first-order chi connectivity index (χ1) is 9.24. The molecule has 1 N–H and O–H groups in total. The quantitative estimate of drug-likeness (QED) is 0.828. The number of carbonyl (C=O) groups excluding carboxylic acids is 2. The Hall–Kier alpha value is -2.69. The minimum Gasteiger partial charge on any atom is -0.438 e. The van der Waals surface area contributed by atoms with E-state index in [1.807, 2.05) is 18.2 Å². The molecule has 5 nitrogen and oxygen atoms in total. The number of rotatable bonds is 2. The predicted octanol–water partition coefficient (Wildman–Crippen LogP) is 1.69. The van der Waals surface area contributed by atoms with Gasteiger partial charge in [-0.05, 0) is 23.8 Å². The van der Waals surface area contributed by atoms with Crippen molar-refractivity contribution in [3.63, 3.8) is 0 Å². The van der Waals surface area contributed by atoms with Crippen LogP contribution in [0.2, 0.25) is 0 Å². The minimum atomic E-state index is -0.467. The third-order valence-corrected chi connectivity index (χ3v) is 2.79. The summed E-state index contributed by atoms with van der Waals surface area (Å²) in [7, 11) is 0. The second-order valence-corrected chi connectivity index (χ2v) is 4.12. The number of carbonyl (C=O) groups is 2. The molecule has 2 heterocycles. The van der Waals surface area contributed by atoms with Gasteiger partial charge in [-0.25, -0.2) is 4.98 Å². The van der Waals surface area contributed by atoms with E-state index in [0.717, 1.165) is 0 Å². The van der Waals surface area contributed by atoms with Crippen LogP contribution in [0.5, 0.6) is 11.6 Å². The topological polar surface area (TPSA) is 68.3 Å². The Morgan fingerprint density at radius 1 is 1.11 bits per heavy atom. The maximum Gasteiger partial charge on any atom is 0.263 e. The van der Waals surface area contributed by atoms with E-state index in [1.165, 1.54) is 6.20 Å². The number of ether oxygens (including phenoxy) is 1. The molecule has 5 heteroatoms. The molecule has 0 aliphatic carbocycles. The van der Waals surface area contributed by atoms with E-state index in [1.54, 1.807) is 18.2 Å². The van der Waals surface area contributed by atoms with Gasteiger partial charge < -0.3 is 4.74 Å². The molecule has 0 unspecified atom stereocenters. The summed E-state index contributed by atoms with van der Waals surface area (Å²) in [5.41, 5.74) is 0.959. The van der Waals surface area contributed by atoms with Gasteiger partial charge in [-0.3, -0.25) is 14.9 Å². The van der Waals surface area contributed by atoms with E-state index in [0.29, 0.717) is 16.9 Å². The highest BCUT2D eigenvalue weighted by atomic mass is 16.5. The van der Waals surface area contributed by atoms with Crippen molar-refractivity contribution in [2.24, 2.45) is 0 Å². The maximum absolute atomic E-state index is 11.9. The number of benzene rings is 1. The second-order valence-electron chi connectivity index (χ2n) is 4.12. The van der Waals surface area contributed by atoms with Gasteiger partial charge in [0.1, 0.15) is 11.3 Å². The number of amides is 2. The van der Waals surface area contributed by atoms with Gasteiger partial charge >= 0.3 is 0 Å². The molecule has 1 aromatic heterocycles. The zero-order valence-electron chi connectivity index (χ0n) is 9.92. The number of aromatic nitrogens is 1. The normalized spacial score (nSPS) is 13.7. The third-order valence-electron chi connectivity index (χ3n) is 2.79. The molecule has 0 spiro atoms. The molecule has 0 radical (unpaired) electrons. The van der Waals surface area contributed by atoms with Gasteiger partial charge in [0.2, 0.25) is 11.8 Å². The van der Waals surface area contributed by atoms with Gasteiger partial charge in [-0.15, -0.1) is 0 Å². The van der Waals surface area contributed by atoms with Crippen molar-refractivity contribution in [2.45, 2.75) is 6.42 Å². The highest BCUT2D eigenvalue weighted by molar-refractivity contribution is 6.10. The van der Waals surface area contributed by atoms with Gasteiger partial charge in [0.15, 0.2) is 0 Å². The fraction of sp³-hybridized carbons (Fsp3) is 0.0714. The number of para-hydroxylation sites is 1. The lowest BCUT2D eigenvalue weighted by molar-refractivity contribution is -0.119. The van der Waals surface area contributed by atoms with Crippen LogP contribution < -0.4 is 10.1 Å². The van der Waals surface area contributed by atoms with Crippen molar-refractivity contribution in [1.29, 1.82) is 0 Å². The lowest BCUT2D eigenvalue weighted by atomic mass is 10.0. The first kappa shape index (κ1) is 11.4. The van der Waals surface area contributed by atoms with Crippen LogP contribution in [0.1, 0.15) is 15.9 Å². The van der Waals surface area contributed by atoms with E-state index in [4.69, 9.17) is 4.74 Å². The Morgan fingerprint density at radius 3 is 2.68 bits per heavy atom. The summed E-state index contributed by atoms with van der Waals surface area (Å²) < 4.78 is 5.60. The average molecular weight is 254 g/mol. The number of fused-ring (bicyclic) bond motifs is 1. The highest BCUT2D eigenvalue weighted by Gasteiger charge is 2.27. The Labute approximate surface area is 109 Å². The molecule has 2 amide bonds. The number of hydrogen-bond acceptors (Lipinski definition) is 4. The van der Waals surface area contributed by atoms with Crippen LogP contribution in [0.15, 0.2) is 42.6 Å². The minimum absolute atomic E-state index is 0.161. The van der Waals surface area contributed by atoms with Crippen molar-refractivity contribution in [3.8, 4) is 11.6 Å². The van der Waals surface area contributed by atoms with Gasteiger partial charge in [0.05, 0.1) is 6.42 Å². The molecule has 0 fully saturated rings. The van der Waals surface area contributed by atoms with Gasteiger partial charge in [-0.2, -0.15) is 0 Å². The molecule has 94 valence electrons. The first-order valence-corrected chi connectivity index (χ1v) is 5.79. The fourth-order valence-electron chi connectivity index (χ4n) is 1.95. The maximum atomic E-state index is 11.9. The molecule has 0 saturated heterocycles. The van der Waals surface area contributed by atoms with E-state index >= 15 is 0 Å². The number of nitrogens with zero attached hydrogens (tertiary/aromatic N) is 1. The summed E-state index contributed by atoms with van der Waals surface area (Å²) >= 11 is 0. The largest absolute Gasteiger partial charge is 0.438 e. The Kier molecular flexibility index (Phi) is 2.72. The molecule has 2 aromatic rings. The number of hydrogen-bond donors (Lipinski definition) is 1. The van der Waals surface area contributed by atoms with E-state index in [-0.39, 0.29) is 18.2 Å². The van der Waals surface area contributed by atoms with Crippen LogP contribution in [-0.4, -0.2) is 16.8 Å². The molecule has 0 atom stereocenters. The summed E-state index contributed by atoms with van der Waals surface area (Å²) in [4.78, 5) is 27.2. The summed E-state index contributed by atoms with van der Waals surface area (Å²) in [6.07, 6.45) is 1.69. The molecule has 1 aliphatic rings. The molecular formula is C14H10N2O3. The van der Waals surface area contributed by atoms with Crippen molar-refractivity contribution in [3.05, 3.63) is 53.7 Å². The van der Waals surface area contributed by atoms with Crippen molar-refractivity contribution < 1.29 is 14.3 Å². The van der Waals surface area contributed by atoms with Crippen molar-refractivity contribution in [2.75, 3.05) is 0 Å². The zero-order valence-corrected chi connectivity index (χ0v) is 9.92. The van der Waals surface area contributed by atoms with Crippen LogP contribution in [0.4, 0.5) is 0 Å². The third kappa shape index (κ3) is 2.18. The monoisotopic (exact) mass is 254 g/mol. The van der Waals surface area contributed by atoms with Crippen LogP contribution >= 0.6 is 0 Å². The molecule has 0 saturated carbocycles. The lowest BCUT2D eigenvalue weighted by Crippen LogP contribution is -2.37. The number of nitrogens with one attached hydrogen (secondary N) is 1. The molecule has 1 aromatic carbocycles. The number of imide groups is 1. The van der Waals surface area contributed by atoms with Crippen LogP contribution in [-0.2, 0) is 11.2 Å². The molecule has 19 heavy (non-hydrogen) atoms. The summed E-state index contributed by atoms with van der Waals surface area (Å²) in [6.45, 7) is 0. The van der Waals surface area contributed by atoms with Gasteiger partial charge in [0.25, 0.3) is 5.91 Å².